The number of aliphatic carboxylic acids is 1. The number of thiophene rings is 1. The number of anilines is 1. The van der Waals surface area contributed by atoms with Crippen LogP contribution in [0.3, 0.4) is 0 Å². The number of nitrogens with zero attached hydrogens (tertiary/aromatic N) is 1. The number of carbonyl (C=O) groups excluding carboxylic acids is 1. The van der Waals surface area contributed by atoms with E-state index in [9.17, 15) is 14.9 Å². The van der Waals surface area contributed by atoms with Gasteiger partial charge >= 0.3 is 5.97 Å². The first-order valence-electron chi connectivity index (χ1n) is 8.28. The van der Waals surface area contributed by atoms with Crippen LogP contribution in [0.5, 0.6) is 0 Å². The van der Waals surface area contributed by atoms with Crippen molar-refractivity contribution in [2.45, 2.75) is 59.3 Å². The summed E-state index contributed by atoms with van der Waals surface area (Å²) in [5.74, 6) is -0.548. The first kappa shape index (κ1) is 18.5. The second-order valence-electron chi connectivity index (χ2n) is 7.42. The van der Waals surface area contributed by atoms with Gasteiger partial charge in [0, 0.05) is 17.7 Å². The van der Waals surface area contributed by atoms with Gasteiger partial charge in [0.15, 0.2) is 0 Å². The number of amides is 1. The van der Waals surface area contributed by atoms with Crippen molar-refractivity contribution in [2.75, 3.05) is 5.32 Å². The summed E-state index contributed by atoms with van der Waals surface area (Å²) in [6.45, 7) is 6.73. The van der Waals surface area contributed by atoms with Crippen molar-refractivity contribution in [3.8, 4) is 6.07 Å². The number of carbonyl (C=O) groups is 2. The van der Waals surface area contributed by atoms with E-state index in [1.165, 1.54) is 16.2 Å². The molecule has 0 radical (unpaired) electrons. The molecule has 0 saturated carbocycles. The molecule has 1 amide bonds. The monoisotopic (exact) mass is 348 g/mol. The maximum absolute atomic E-state index is 12.0. The molecule has 6 heteroatoms. The standard InChI is InChI=1S/C18H24N2O3S/c1-18(2,3)11-7-8-12-13(10-19)17(24-14(12)9-11)20-15(21)5-4-6-16(22)23/h11H,4-9H2,1-3H3,(H,20,21)(H,22,23). The van der Waals surface area contributed by atoms with Crippen LogP contribution in [-0.2, 0) is 22.4 Å². The first-order valence-corrected chi connectivity index (χ1v) is 9.10. The number of carboxylic acid groups (broad SMARTS) is 1. The second kappa shape index (κ2) is 7.35. The molecule has 0 aromatic carbocycles. The van der Waals surface area contributed by atoms with Crippen molar-refractivity contribution in [2.24, 2.45) is 11.3 Å². The minimum absolute atomic E-state index is 0.0211. The van der Waals surface area contributed by atoms with Crippen LogP contribution >= 0.6 is 11.3 Å². The van der Waals surface area contributed by atoms with E-state index in [0.717, 1.165) is 24.8 Å². The predicted octanol–water partition coefficient (Wildman–Crippen LogP) is 3.96. The van der Waals surface area contributed by atoms with Crippen LogP contribution in [0.15, 0.2) is 0 Å². The normalized spacial score (nSPS) is 17.0. The van der Waals surface area contributed by atoms with Gasteiger partial charge in [-0.2, -0.15) is 5.26 Å². The fourth-order valence-corrected chi connectivity index (χ4v) is 4.41. The Hall–Kier alpha value is -1.87. The van der Waals surface area contributed by atoms with Crippen molar-refractivity contribution in [3.05, 3.63) is 16.0 Å². The van der Waals surface area contributed by atoms with E-state index in [1.807, 2.05) is 0 Å². The van der Waals surface area contributed by atoms with Crippen molar-refractivity contribution in [1.82, 2.24) is 0 Å². The van der Waals surface area contributed by atoms with Crippen LogP contribution in [0.4, 0.5) is 5.00 Å². The number of rotatable bonds is 5. The molecule has 0 aliphatic heterocycles. The highest BCUT2D eigenvalue weighted by atomic mass is 32.1. The lowest BCUT2D eigenvalue weighted by molar-refractivity contribution is -0.137. The maximum atomic E-state index is 12.0. The second-order valence-corrected chi connectivity index (χ2v) is 8.53. The van der Waals surface area contributed by atoms with Crippen LogP contribution in [0.1, 0.15) is 62.5 Å². The zero-order chi connectivity index (χ0) is 17.9. The van der Waals surface area contributed by atoms with E-state index in [4.69, 9.17) is 5.11 Å². The average Bonchev–Trinajstić information content (AvgIpc) is 2.81. The van der Waals surface area contributed by atoms with E-state index in [0.29, 0.717) is 22.9 Å². The Morgan fingerprint density at radius 2 is 2.08 bits per heavy atom. The van der Waals surface area contributed by atoms with Crippen molar-refractivity contribution < 1.29 is 14.7 Å². The van der Waals surface area contributed by atoms with Gasteiger partial charge in [0.1, 0.15) is 11.1 Å². The molecule has 1 heterocycles. The molecule has 2 N–H and O–H groups in total. The van der Waals surface area contributed by atoms with Gasteiger partial charge in [0.2, 0.25) is 5.91 Å². The third-order valence-corrected chi connectivity index (χ3v) is 5.82. The van der Waals surface area contributed by atoms with Crippen molar-refractivity contribution >= 4 is 28.2 Å². The highest BCUT2D eigenvalue weighted by Crippen LogP contribution is 2.43. The summed E-state index contributed by atoms with van der Waals surface area (Å²) in [7, 11) is 0. The lowest BCUT2D eigenvalue weighted by atomic mass is 9.72. The van der Waals surface area contributed by atoms with Gasteiger partial charge in [-0.25, -0.2) is 0 Å². The molecule has 24 heavy (non-hydrogen) atoms. The van der Waals surface area contributed by atoms with Gasteiger partial charge in [0.25, 0.3) is 0 Å². The Morgan fingerprint density at radius 1 is 1.38 bits per heavy atom. The molecule has 0 spiro atoms. The Balaban J connectivity index is 2.10. The Morgan fingerprint density at radius 3 is 2.67 bits per heavy atom. The van der Waals surface area contributed by atoms with Crippen LogP contribution in [0.25, 0.3) is 0 Å². The van der Waals surface area contributed by atoms with Crippen LogP contribution in [0.2, 0.25) is 0 Å². The molecule has 0 fully saturated rings. The topological polar surface area (TPSA) is 90.2 Å². The lowest BCUT2D eigenvalue weighted by Gasteiger charge is -2.33. The zero-order valence-corrected chi connectivity index (χ0v) is 15.3. The summed E-state index contributed by atoms with van der Waals surface area (Å²) in [4.78, 5) is 23.7. The van der Waals surface area contributed by atoms with Gasteiger partial charge in [-0.15, -0.1) is 11.3 Å². The van der Waals surface area contributed by atoms with Gasteiger partial charge in [0.05, 0.1) is 5.56 Å². The fraction of sp³-hybridized carbons (Fsp3) is 0.611. The van der Waals surface area contributed by atoms with Crippen molar-refractivity contribution in [3.63, 3.8) is 0 Å². The van der Waals surface area contributed by atoms with E-state index in [1.54, 1.807) is 0 Å². The van der Waals surface area contributed by atoms with Crippen LogP contribution in [0, 0.1) is 22.7 Å². The van der Waals surface area contributed by atoms with Crippen LogP contribution < -0.4 is 5.32 Å². The van der Waals surface area contributed by atoms with Gasteiger partial charge in [-0.1, -0.05) is 20.8 Å². The number of nitriles is 1. The Labute approximate surface area is 146 Å². The fourth-order valence-electron chi connectivity index (χ4n) is 3.12. The summed E-state index contributed by atoms with van der Waals surface area (Å²) >= 11 is 1.50. The highest BCUT2D eigenvalue weighted by molar-refractivity contribution is 7.16. The molecule has 1 aliphatic rings. The number of hydrogen-bond donors (Lipinski definition) is 2. The third kappa shape index (κ3) is 4.35. The smallest absolute Gasteiger partial charge is 0.303 e. The number of hydrogen-bond acceptors (Lipinski definition) is 4. The van der Waals surface area contributed by atoms with Crippen LogP contribution in [-0.4, -0.2) is 17.0 Å². The van der Waals surface area contributed by atoms with E-state index >= 15 is 0 Å². The van der Waals surface area contributed by atoms with E-state index < -0.39 is 5.97 Å². The summed E-state index contributed by atoms with van der Waals surface area (Å²) in [5.41, 5.74) is 1.91. The molecular formula is C18H24N2O3S. The quantitative estimate of drug-likeness (QED) is 0.842. The molecule has 0 saturated heterocycles. The summed E-state index contributed by atoms with van der Waals surface area (Å²) in [6, 6.07) is 2.24. The third-order valence-electron chi connectivity index (χ3n) is 4.65. The molecule has 1 aromatic rings. The van der Waals surface area contributed by atoms with Gasteiger partial charge < -0.3 is 10.4 Å². The van der Waals surface area contributed by atoms with Gasteiger partial charge in [-0.05, 0) is 42.6 Å². The largest absolute Gasteiger partial charge is 0.481 e. The number of fused-ring (bicyclic) bond motifs is 1. The molecule has 2 rings (SSSR count). The summed E-state index contributed by atoms with van der Waals surface area (Å²) in [5, 5.41) is 21.5. The zero-order valence-electron chi connectivity index (χ0n) is 14.4. The number of nitrogens with one attached hydrogen (secondary N) is 1. The molecule has 5 nitrogen and oxygen atoms in total. The SMILES string of the molecule is CC(C)(C)C1CCc2c(sc(NC(=O)CCCC(=O)O)c2C#N)C1. The lowest BCUT2D eigenvalue weighted by Crippen LogP contribution is -2.26. The molecular weight excluding hydrogens is 324 g/mol. The summed E-state index contributed by atoms with van der Waals surface area (Å²) in [6.07, 6.45) is 3.34. The molecule has 130 valence electrons. The highest BCUT2D eigenvalue weighted by Gasteiger charge is 2.32. The molecule has 1 aromatic heterocycles. The van der Waals surface area contributed by atoms with E-state index in [2.05, 4.69) is 32.2 Å². The minimum atomic E-state index is -0.902. The Kier molecular flexibility index (Phi) is 5.66. The minimum Gasteiger partial charge on any atom is -0.481 e. The van der Waals surface area contributed by atoms with E-state index in [-0.39, 0.29) is 24.2 Å². The first-order chi connectivity index (χ1) is 11.2. The predicted molar refractivity (Wildman–Crippen MR) is 94.1 cm³/mol. The maximum Gasteiger partial charge on any atom is 0.303 e. The average molecular weight is 348 g/mol. The molecule has 0 bridgehead atoms. The van der Waals surface area contributed by atoms with Crippen molar-refractivity contribution in [1.29, 1.82) is 5.26 Å². The molecule has 1 aliphatic carbocycles. The Bertz CT molecular complexity index is 680. The molecule has 1 unspecified atom stereocenters. The molecule has 1 atom stereocenters. The van der Waals surface area contributed by atoms with Gasteiger partial charge in [-0.3, -0.25) is 9.59 Å². The summed E-state index contributed by atoms with van der Waals surface area (Å²) < 4.78 is 0. The number of carboxylic acids is 1.